The number of likely N-dealkylation sites (tertiary alicyclic amines) is 1. The van der Waals surface area contributed by atoms with Crippen LogP contribution in [0.4, 0.5) is 0 Å². The van der Waals surface area contributed by atoms with Crippen LogP contribution >= 0.6 is 0 Å². The fraction of sp³-hybridized carbons (Fsp3) is 0.438. The van der Waals surface area contributed by atoms with Crippen molar-refractivity contribution < 1.29 is 9.53 Å². The molecule has 0 aliphatic carbocycles. The average Bonchev–Trinajstić information content (AvgIpc) is 2.55. The maximum atomic E-state index is 12.3. The Bertz CT molecular complexity index is 664. The SMILES string of the molecule is Cc1cc(OC2CCN(C(=O)c3ncccn3)CC2)nc(C)n1. The molecular weight excluding hydrogens is 294 g/mol. The predicted molar refractivity (Wildman–Crippen MR) is 83.1 cm³/mol. The highest BCUT2D eigenvalue weighted by Crippen LogP contribution is 2.18. The van der Waals surface area contributed by atoms with E-state index in [4.69, 9.17) is 4.74 Å². The predicted octanol–water partition coefficient (Wildman–Crippen LogP) is 1.57. The van der Waals surface area contributed by atoms with E-state index in [0.717, 1.165) is 18.5 Å². The minimum Gasteiger partial charge on any atom is -0.474 e. The van der Waals surface area contributed by atoms with Crippen molar-refractivity contribution in [3.05, 3.63) is 41.9 Å². The molecule has 3 rings (SSSR count). The third-order valence-electron chi connectivity index (χ3n) is 3.72. The zero-order valence-corrected chi connectivity index (χ0v) is 13.3. The van der Waals surface area contributed by atoms with Gasteiger partial charge >= 0.3 is 0 Å². The van der Waals surface area contributed by atoms with Gasteiger partial charge in [0.05, 0.1) is 0 Å². The molecule has 0 unspecified atom stereocenters. The van der Waals surface area contributed by atoms with Crippen LogP contribution in [0.25, 0.3) is 0 Å². The van der Waals surface area contributed by atoms with Gasteiger partial charge in [-0.25, -0.2) is 15.0 Å². The van der Waals surface area contributed by atoms with Crippen molar-refractivity contribution in [2.45, 2.75) is 32.8 Å². The summed E-state index contributed by atoms with van der Waals surface area (Å²) in [4.78, 5) is 30.6. The fourth-order valence-corrected chi connectivity index (χ4v) is 2.64. The number of carbonyl (C=O) groups is 1. The second-order valence-corrected chi connectivity index (χ2v) is 5.58. The summed E-state index contributed by atoms with van der Waals surface area (Å²) in [5, 5.41) is 0. The van der Waals surface area contributed by atoms with Crippen molar-refractivity contribution in [2.75, 3.05) is 13.1 Å². The van der Waals surface area contributed by atoms with Crippen LogP contribution in [-0.4, -0.2) is 49.9 Å². The van der Waals surface area contributed by atoms with Gasteiger partial charge in [-0.1, -0.05) is 0 Å². The second-order valence-electron chi connectivity index (χ2n) is 5.58. The lowest BCUT2D eigenvalue weighted by Crippen LogP contribution is -2.42. The van der Waals surface area contributed by atoms with Crippen molar-refractivity contribution in [1.29, 1.82) is 0 Å². The van der Waals surface area contributed by atoms with Gasteiger partial charge in [-0.3, -0.25) is 4.79 Å². The molecule has 2 aromatic heterocycles. The van der Waals surface area contributed by atoms with Crippen molar-refractivity contribution >= 4 is 5.91 Å². The van der Waals surface area contributed by atoms with E-state index in [1.54, 1.807) is 23.4 Å². The van der Waals surface area contributed by atoms with Gasteiger partial charge in [-0.2, -0.15) is 4.98 Å². The topological polar surface area (TPSA) is 81.1 Å². The summed E-state index contributed by atoms with van der Waals surface area (Å²) in [5.41, 5.74) is 0.890. The third kappa shape index (κ3) is 3.80. The first-order valence-corrected chi connectivity index (χ1v) is 7.67. The number of carbonyl (C=O) groups excluding carboxylic acids is 1. The van der Waals surface area contributed by atoms with Gasteiger partial charge in [0.15, 0.2) is 0 Å². The molecule has 1 aliphatic rings. The Morgan fingerprint density at radius 2 is 1.87 bits per heavy atom. The van der Waals surface area contributed by atoms with Gasteiger partial charge in [0.1, 0.15) is 11.9 Å². The highest BCUT2D eigenvalue weighted by Gasteiger charge is 2.26. The molecule has 0 bridgehead atoms. The van der Waals surface area contributed by atoms with Crippen molar-refractivity contribution in [3.63, 3.8) is 0 Å². The maximum absolute atomic E-state index is 12.3. The van der Waals surface area contributed by atoms with E-state index in [1.807, 2.05) is 19.9 Å². The lowest BCUT2D eigenvalue weighted by atomic mass is 10.1. The molecule has 0 saturated carbocycles. The van der Waals surface area contributed by atoms with Crippen LogP contribution in [0.3, 0.4) is 0 Å². The van der Waals surface area contributed by atoms with Gasteiger partial charge in [0.2, 0.25) is 11.7 Å². The van der Waals surface area contributed by atoms with Crippen molar-refractivity contribution in [2.24, 2.45) is 0 Å². The molecule has 0 atom stereocenters. The minimum atomic E-state index is -0.127. The van der Waals surface area contributed by atoms with Crippen LogP contribution < -0.4 is 4.74 Å². The second kappa shape index (κ2) is 6.68. The van der Waals surface area contributed by atoms with Crippen LogP contribution in [0.15, 0.2) is 24.5 Å². The molecular formula is C16H19N5O2. The third-order valence-corrected chi connectivity index (χ3v) is 3.72. The van der Waals surface area contributed by atoms with E-state index in [1.165, 1.54) is 0 Å². The molecule has 1 fully saturated rings. The molecule has 0 N–H and O–H groups in total. The smallest absolute Gasteiger partial charge is 0.291 e. The number of rotatable bonds is 3. The van der Waals surface area contributed by atoms with Crippen LogP contribution in [-0.2, 0) is 0 Å². The number of aromatic nitrogens is 4. The summed E-state index contributed by atoms with van der Waals surface area (Å²) in [5.74, 6) is 1.42. The molecule has 1 amide bonds. The molecule has 7 heteroatoms. The largest absolute Gasteiger partial charge is 0.474 e. The Morgan fingerprint density at radius 1 is 1.17 bits per heavy atom. The Labute approximate surface area is 134 Å². The van der Waals surface area contributed by atoms with Crippen LogP contribution in [0.2, 0.25) is 0 Å². The van der Waals surface area contributed by atoms with E-state index in [-0.39, 0.29) is 17.8 Å². The highest BCUT2D eigenvalue weighted by molar-refractivity contribution is 5.90. The van der Waals surface area contributed by atoms with E-state index in [2.05, 4.69) is 19.9 Å². The molecule has 0 spiro atoms. The summed E-state index contributed by atoms with van der Waals surface area (Å²) in [6, 6.07) is 3.53. The first kappa shape index (κ1) is 15.3. The highest BCUT2D eigenvalue weighted by atomic mass is 16.5. The zero-order valence-electron chi connectivity index (χ0n) is 13.3. The van der Waals surface area contributed by atoms with Crippen LogP contribution in [0.5, 0.6) is 5.88 Å². The summed E-state index contributed by atoms with van der Waals surface area (Å²) in [6.45, 7) is 5.03. The van der Waals surface area contributed by atoms with Gasteiger partial charge in [-0.15, -0.1) is 0 Å². The van der Waals surface area contributed by atoms with Gasteiger partial charge in [0.25, 0.3) is 5.91 Å². The molecule has 0 radical (unpaired) electrons. The number of amides is 1. The average molecular weight is 313 g/mol. The lowest BCUT2D eigenvalue weighted by molar-refractivity contribution is 0.0576. The molecule has 7 nitrogen and oxygen atoms in total. The van der Waals surface area contributed by atoms with Crippen molar-refractivity contribution in [3.8, 4) is 5.88 Å². The van der Waals surface area contributed by atoms with Gasteiger partial charge < -0.3 is 9.64 Å². The Hall–Kier alpha value is -2.57. The minimum absolute atomic E-state index is 0.0597. The van der Waals surface area contributed by atoms with Crippen molar-refractivity contribution in [1.82, 2.24) is 24.8 Å². The summed E-state index contributed by atoms with van der Waals surface area (Å²) < 4.78 is 5.93. The van der Waals surface area contributed by atoms with Crippen LogP contribution in [0, 0.1) is 13.8 Å². The monoisotopic (exact) mass is 313 g/mol. The van der Waals surface area contributed by atoms with Gasteiger partial charge in [0, 0.05) is 50.1 Å². The van der Waals surface area contributed by atoms with E-state index < -0.39 is 0 Å². The Kier molecular flexibility index (Phi) is 4.45. The maximum Gasteiger partial charge on any atom is 0.291 e. The van der Waals surface area contributed by atoms with Gasteiger partial charge in [-0.05, 0) is 19.9 Å². The fourth-order valence-electron chi connectivity index (χ4n) is 2.64. The Morgan fingerprint density at radius 3 is 2.52 bits per heavy atom. The number of ether oxygens (including phenoxy) is 1. The molecule has 120 valence electrons. The number of piperidine rings is 1. The zero-order chi connectivity index (χ0) is 16.2. The molecule has 1 aliphatic heterocycles. The summed E-state index contributed by atoms with van der Waals surface area (Å²) in [7, 11) is 0. The standard InChI is InChI=1S/C16H19N5O2/c1-11-10-14(20-12(2)19-11)23-13-4-8-21(9-5-13)16(22)15-17-6-3-7-18-15/h3,6-7,10,13H,4-5,8-9H2,1-2H3. The molecule has 3 heterocycles. The van der Waals surface area contributed by atoms with E-state index in [0.29, 0.717) is 24.8 Å². The molecule has 1 saturated heterocycles. The Balaban J connectivity index is 1.57. The summed E-state index contributed by atoms with van der Waals surface area (Å²) >= 11 is 0. The quantitative estimate of drug-likeness (QED) is 0.855. The van der Waals surface area contributed by atoms with E-state index >= 15 is 0 Å². The first-order chi connectivity index (χ1) is 11.1. The van der Waals surface area contributed by atoms with E-state index in [9.17, 15) is 4.79 Å². The normalized spacial score (nSPS) is 15.5. The molecule has 0 aromatic carbocycles. The number of hydrogen-bond donors (Lipinski definition) is 0. The van der Waals surface area contributed by atoms with Crippen LogP contribution in [0.1, 0.15) is 35.0 Å². The summed E-state index contributed by atoms with van der Waals surface area (Å²) in [6.07, 6.45) is 4.75. The molecule has 2 aromatic rings. The molecule has 23 heavy (non-hydrogen) atoms. The number of nitrogens with zero attached hydrogens (tertiary/aromatic N) is 5. The number of aryl methyl sites for hydroxylation is 2. The lowest BCUT2D eigenvalue weighted by Gasteiger charge is -2.31. The number of hydrogen-bond acceptors (Lipinski definition) is 6. The first-order valence-electron chi connectivity index (χ1n) is 7.67.